The van der Waals surface area contributed by atoms with E-state index in [1.807, 2.05) is 0 Å². The molecule has 0 aromatic rings. The Morgan fingerprint density at radius 2 is 1.82 bits per heavy atom. The molecule has 4 nitrogen and oxygen atoms in total. The number of hydrogen-bond donors (Lipinski definition) is 2. The molecule has 2 N–H and O–H groups in total. The summed E-state index contributed by atoms with van der Waals surface area (Å²) in [5, 5.41) is 11.8. The first-order valence-electron chi connectivity index (χ1n) is 6.62. The number of carbonyl (C=O) groups is 2. The Kier molecular flexibility index (Phi) is 3.69. The number of nitrogens with one attached hydrogen (secondary N) is 1. The van der Waals surface area contributed by atoms with Crippen LogP contribution in [0.4, 0.5) is 0 Å². The molecule has 2 aliphatic carbocycles. The molecule has 0 spiro atoms. The van der Waals surface area contributed by atoms with Gasteiger partial charge in [-0.25, -0.2) is 0 Å². The summed E-state index contributed by atoms with van der Waals surface area (Å²) < 4.78 is 0. The fourth-order valence-electron chi connectivity index (χ4n) is 3.06. The summed E-state index contributed by atoms with van der Waals surface area (Å²) in [5.41, 5.74) is -0.429. The highest BCUT2D eigenvalue weighted by Gasteiger charge is 2.40. The van der Waals surface area contributed by atoms with E-state index in [4.69, 9.17) is 5.11 Å². The zero-order valence-electron chi connectivity index (χ0n) is 10.2. The highest BCUT2D eigenvalue weighted by molar-refractivity contribution is 5.78. The van der Waals surface area contributed by atoms with Crippen LogP contribution in [-0.4, -0.2) is 22.5 Å². The van der Waals surface area contributed by atoms with E-state index in [0.29, 0.717) is 12.3 Å². The van der Waals surface area contributed by atoms with E-state index in [0.717, 1.165) is 32.1 Å². The molecular weight excluding hydrogens is 218 g/mol. The van der Waals surface area contributed by atoms with Crippen molar-refractivity contribution in [1.82, 2.24) is 5.32 Å². The fourth-order valence-corrected chi connectivity index (χ4v) is 3.06. The van der Waals surface area contributed by atoms with E-state index in [9.17, 15) is 9.59 Å². The zero-order chi connectivity index (χ0) is 12.3. The first-order valence-corrected chi connectivity index (χ1v) is 6.62. The first kappa shape index (κ1) is 12.4. The van der Waals surface area contributed by atoms with E-state index in [1.54, 1.807) is 0 Å². The van der Waals surface area contributed by atoms with Crippen molar-refractivity contribution in [2.75, 3.05) is 0 Å². The summed E-state index contributed by atoms with van der Waals surface area (Å²) >= 11 is 0. The lowest BCUT2D eigenvalue weighted by Gasteiger charge is -2.41. The van der Waals surface area contributed by atoms with Gasteiger partial charge in [0.05, 0.1) is 12.0 Å². The Labute approximate surface area is 102 Å². The lowest BCUT2D eigenvalue weighted by molar-refractivity contribution is -0.140. The summed E-state index contributed by atoms with van der Waals surface area (Å²) in [7, 11) is 0. The van der Waals surface area contributed by atoms with Crippen molar-refractivity contribution < 1.29 is 14.7 Å². The zero-order valence-corrected chi connectivity index (χ0v) is 10.2. The van der Waals surface area contributed by atoms with Gasteiger partial charge in [-0.1, -0.05) is 12.8 Å². The monoisotopic (exact) mass is 239 g/mol. The van der Waals surface area contributed by atoms with Crippen LogP contribution in [0.1, 0.15) is 57.8 Å². The van der Waals surface area contributed by atoms with E-state index in [2.05, 4.69) is 5.32 Å². The van der Waals surface area contributed by atoms with Crippen LogP contribution in [-0.2, 0) is 9.59 Å². The van der Waals surface area contributed by atoms with Gasteiger partial charge in [-0.15, -0.1) is 0 Å². The standard InChI is InChI=1S/C13H21NO3/c15-11(8-10-4-1-2-5-10)14-13(6-3-7-13)9-12(16)17/h10H,1-9H2,(H,14,15)(H,16,17). The van der Waals surface area contributed by atoms with E-state index < -0.39 is 11.5 Å². The largest absolute Gasteiger partial charge is 0.481 e. The quantitative estimate of drug-likeness (QED) is 0.772. The van der Waals surface area contributed by atoms with Crippen LogP contribution in [0.15, 0.2) is 0 Å². The number of rotatable bonds is 5. The van der Waals surface area contributed by atoms with Crippen LogP contribution in [0.5, 0.6) is 0 Å². The highest BCUT2D eigenvalue weighted by Crippen LogP contribution is 2.35. The molecular formula is C13H21NO3. The summed E-state index contributed by atoms with van der Waals surface area (Å²) in [6.45, 7) is 0. The minimum atomic E-state index is -0.814. The van der Waals surface area contributed by atoms with Crippen LogP contribution in [0, 0.1) is 5.92 Å². The van der Waals surface area contributed by atoms with Gasteiger partial charge in [-0.3, -0.25) is 9.59 Å². The molecule has 0 saturated heterocycles. The molecule has 1 amide bonds. The maximum absolute atomic E-state index is 11.9. The van der Waals surface area contributed by atoms with Gasteiger partial charge in [-0.05, 0) is 38.0 Å². The molecule has 2 fully saturated rings. The lowest BCUT2D eigenvalue weighted by Crippen LogP contribution is -2.54. The SMILES string of the molecule is O=C(O)CC1(NC(=O)CC2CCCC2)CCC1. The van der Waals surface area contributed by atoms with E-state index in [1.165, 1.54) is 12.8 Å². The number of carboxylic acid groups (broad SMARTS) is 1. The highest BCUT2D eigenvalue weighted by atomic mass is 16.4. The minimum Gasteiger partial charge on any atom is -0.481 e. The Balaban J connectivity index is 1.81. The van der Waals surface area contributed by atoms with E-state index in [-0.39, 0.29) is 12.3 Å². The average molecular weight is 239 g/mol. The van der Waals surface area contributed by atoms with Crippen molar-refractivity contribution in [3.8, 4) is 0 Å². The lowest BCUT2D eigenvalue weighted by atomic mass is 9.74. The number of aliphatic carboxylic acids is 1. The molecule has 0 heterocycles. The number of carboxylic acids is 1. The molecule has 0 aromatic heterocycles. The van der Waals surface area contributed by atoms with Gasteiger partial charge in [-0.2, -0.15) is 0 Å². The Hall–Kier alpha value is -1.06. The van der Waals surface area contributed by atoms with Crippen LogP contribution < -0.4 is 5.32 Å². The van der Waals surface area contributed by atoms with Crippen molar-refractivity contribution in [3.63, 3.8) is 0 Å². The summed E-state index contributed by atoms with van der Waals surface area (Å²) in [6.07, 6.45) is 8.09. The third-order valence-corrected chi connectivity index (χ3v) is 4.15. The molecule has 2 rings (SSSR count). The van der Waals surface area contributed by atoms with Crippen molar-refractivity contribution in [1.29, 1.82) is 0 Å². The van der Waals surface area contributed by atoms with Crippen LogP contribution in [0.25, 0.3) is 0 Å². The number of carbonyl (C=O) groups excluding carboxylic acids is 1. The summed E-state index contributed by atoms with van der Waals surface area (Å²) in [5.74, 6) is -0.235. The van der Waals surface area contributed by atoms with Crippen molar-refractivity contribution in [3.05, 3.63) is 0 Å². The van der Waals surface area contributed by atoms with Gasteiger partial charge in [0.1, 0.15) is 0 Å². The molecule has 2 aliphatic rings. The first-order chi connectivity index (χ1) is 8.10. The summed E-state index contributed by atoms with van der Waals surface area (Å²) in [4.78, 5) is 22.7. The number of hydrogen-bond acceptors (Lipinski definition) is 2. The molecule has 0 atom stereocenters. The molecule has 96 valence electrons. The molecule has 0 aliphatic heterocycles. The van der Waals surface area contributed by atoms with E-state index >= 15 is 0 Å². The van der Waals surface area contributed by atoms with Gasteiger partial charge < -0.3 is 10.4 Å². The predicted molar refractivity (Wildman–Crippen MR) is 63.6 cm³/mol. The van der Waals surface area contributed by atoms with Gasteiger partial charge in [0, 0.05) is 6.42 Å². The van der Waals surface area contributed by atoms with Crippen LogP contribution >= 0.6 is 0 Å². The predicted octanol–water partition coefficient (Wildman–Crippen LogP) is 2.08. The van der Waals surface area contributed by atoms with Crippen molar-refractivity contribution in [2.45, 2.75) is 63.3 Å². The second-order valence-corrected chi connectivity index (χ2v) is 5.61. The molecule has 4 heteroatoms. The van der Waals surface area contributed by atoms with Crippen LogP contribution in [0.2, 0.25) is 0 Å². The fraction of sp³-hybridized carbons (Fsp3) is 0.846. The van der Waals surface area contributed by atoms with Crippen molar-refractivity contribution >= 4 is 11.9 Å². The summed E-state index contributed by atoms with van der Waals surface area (Å²) in [6, 6.07) is 0. The topological polar surface area (TPSA) is 66.4 Å². The third-order valence-electron chi connectivity index (χ3n) is 4.15. The van der Waals surface area contributed by atoms with Gasteiger partial charge in [0.25, 0.3) is 0 Å². The minimum absolute atomic E-state index is 0.0536. The number of amides is 1. The molecule has 0 aromatic carbocycles. The molecule has 17 heavy (non-hydrogen) atoms. The normalized spacial score (nSPS) is 23.1. The Morgan fingerprint density at radius 1 is 1.18 bits per heavy atom. The molecule has 0 bridgehead atoms. The molecule has 2 saturated carbocycles. The molecule has 0 radical (unpaired) electrons. The average Bonchev–Trinajstić information content (AvgIpc) is 2.66. The van der Waals surface area contributed by atoms with Gasteiger partial charge >= 0.3 is 5.97 Å². The third kappa shape index (κ3) is 3.20. The smallest absolute Gasteiger partial charge is 0.305 e. The maximum Gasteiger partial charge on any atom is 0.305 e. The van der Waals surface area contributed by atoms with Crippen molar-refractivity contribution in [2.24, 2.45) is 5.92 Å². The molecule has 0 unspecified atom stereocenters. The second-order valence-electron chi connectivity index (χ2n) is 5.61. The Bertz CT molecular complexity index is 304. The maximum atomic E-state index is 11.9. The Morgan fingerprint density at radius 3 is 2.29 bits per heavy atom. The van der Waals surface area contributed by atoms with Gasteiger partial charge in [0.15, 0.2) is 0 Å². The van der Waals surface area contributed by atoms with Crippen LogP contribution in [0.3, 0.4) is 0 Å². The van der Waals surface area contributed by atoms with Gasteiger partial charge in [0.2, 0.25) is 5.91 Å². The second kappa shape index (κ2) is 5.07.